The first-order valence-corrected chi connectivity index (χ1v) is 4.77. The van der Waals surface area contributed by atoms with Crippen molar-refractivity contribution in [2.24, 2.45) is 0 Å². The number of hydrogen-bond donors (Lipinski definition) is 2. The van der Waals surface area contributed by atoms with Crippen molar-refractivity contribution in [3.05, 3.63) is 7.43 Å². The maximum atomic E-state index is 5.53. The molecule has 4 heteroatoms. The smallest absolute Gasteiger partial charge is 0.163 e. The van der Waals surface area contributed by atoms with Crippen LogP contribution in [0.15, 0.2) is 0 Å². The highest BCUT2D eigenvalue weighted by Crippen LogP contribution is 2.10. The molecule has 0 radical (unpaired) electrons. The van der Waals surface area contributed by atoms with Crippen molar-refractivity contribution < 1.29 is 20.9 Å². The zero-order valence-electron chi connectivity index (χ0n) is 10.3. The largest absolute Gasteiger partial charge is 0.358 e. The first kappa shape index (κ1) is 20.3. The summed E-state index contributed by atoms with van der Waals surface area (Å²) in [5.41, 5.74) is 7.69. The van der Waals surface area contributed by atoms with Gasteiger partial charge in [-0.05, 0) is 27.7 Å². The second-order valence-corrected chi connectivity index (χ2v) is 4.23. The zero-order chi connectivity index (χ0) is 10.5. The van der Waals surface area contributed by atoms with Crippen LogP contribution in [-0.4, -0.2) is 31.1 Å². The minimum absolute atomic E-state index is 0. The molecule has 4 nitrogen and oxygen atoms in total. The quantitative estimate of drug-likeness (QED) is 0.495. The third kappa shape index (κ3) is 13.8. The fraction of sp³-hybridized carbons (Fsp3) is 0.909. The summed E-state index contributed by atoms with van der Waals surface area (Å²) in [4.78, 5) is 0. The highest BCUT2D eigenvalue weighted by molar-refractivity contribution is 4.56. The van der Waals surface area contributed by atoms with Crippen LogP contribution in [0.25, 0.3) is 0 Å². The highest BCUT2D eigenvalue weighted by atomic mass is 16.7. The van der Waals surface area contributed by atoms with E-state index in [0.717, 1.165) is 0 Å². The molecule has 0 aliphatic rings. The molecule has 96 valence electrons. The van der Waals surface area contributed by atoms with Gasteiger partial charge in [-0.1, -0.05) is 7.43 Å². The minimum atomic E-state index is -0.516. The molecule has 0 rings (SSSR count). The Morgan fingerprint density at radius 2 is 1.27 bits per heavy atom. The Bertz CT molecular complexity index is 123. The summed E-state index contributed by atoms with van der Waals surface area (Å²) < 4.78 is 11.1. The molecule has 0 bridgehead atoms. The highest BCUT2D eigenvalue weighted by Gasteiger charge is 2.20. The Kier molecular flexibility index (Phi) is 12.3. The van der Waals surface area contributed by atoms with E-state index in [1.807, 2.05) is 27.7 Å². The van der Waals surface area contributed by atoms with Crippen molar-refractivity contribution in [3.63, 3.8) is 0 Å². The van der Waals surface area contributed by atoms with Gasteiger partial charge in [0.1, 0.15) is 25.3 Å². The van der Waals surface area contributed by atoms with Crippen LogP contribution < -0.4 is 11.5 Å². The fourth-order valence-electron chi connectivity index (χ4n) is 0.728. The molecule has 0 heterocycles. The van der Waals surface area contributed by atoms with E-state index in [0.29, 0.717) is 25.3 Å². The van der Waals surface area contributed by atoms with Crippen LogP contribution in [0.1, 0.15) is 35.1 Å². The van der Waals surface area contributed by atoms with Crippen LogP contribution >= 0.6 is 0 Å². The van der Waals surface area contributed by atoms with Crippen LogP contribution in [-0.2, 0) is 9.47 Å². The van der Waals surface area contributed by atoms with Crippen LogP contribution in [0, 0.1) is 7.43 Å². The first-order valence-electron chi connectivity index (χ1n) is 4.77. The lowest BCUT2D eigenvalue weighted by molar-refractivity contribution is -0.439. The molecule has 0 aromatic carbocycles. The van der Waals surface area contributed by atoms with Gasteiger partial charge in [0.2, 0.25) is 0 Å². The van der Waals surface area contributed by atoms with E-state index in [-0.39, 0.29) is 14.9 Å². The summed E-state index contributed by atoms with van der Waals surface area (Å²) in [6.07, 6.45) is 0. The van der Waals surface area contributed by atoms with E-state index < -0.39 is 5.79 Å². The van der Waals surface area contributed by atoms with Gasteiger partial charge in [-0.25, -0.2) is 0 Å². The fourth-order valence-corrected chi connectivity index (χ4v) is 0.728. The lowest BCUT2D eigenvalue weighted by atomic mass is 10.3. The Hall–Kier alpha value is -0.160. The molecule has 0 aliphatic carbocycles. The van der Waals surface area contributed by atoms with E-state index in [1.165, 1.54) is 0 Å². The first-order chi connectivity index (χ1) is 5.83. The van der Waals surface area contributed by atoms with Gasteiger partial charge in [-0.3, -0.25) is 0 Å². The summed E-state index contributed by atoms with van der Waals surface area (Å²) in [7, 11) is 0. The third-order valence-electron chi connectivity index (χ3n) is 1.43. The van der Waals surface area contributed by atoms with E-state index in [4.69, 9.17) is 9.47 Å². The molecule has 0 spiro atoms. The Morgan fingerprint density at radius 3 is 1.47 bits per heavy atom. The second-order valence-electron chi connectivity index (χ2n) is 4.23. The molecule has 0 saturated carbocycles. The van der Waals surface area contributed by atoms with Gasteiger partial charge in [0.05, 0.1) is 0 Å². The van der Waals surface area contributed by atoms with Crippen LogP contribution in [0.2, 0.25) is 0 Å². The second kappa shape index (κ2) is 9.09. The monoisotopic (exact) mass is 223 g/mol. The van der Waals surface area contributed by atoms with Crippen LogP contribution in [0.5, 0.6) is 0 Å². The van der Waals surface area contributed by atoms with E-state index >= 15 is 0 Å². The number of quaternary nitrogens is 2. The summed E-state index contributed by atoms with van der Waals surface area (Å²) in [6.45, 7) is 9.10. The van der Waals surface area contributed by atoms with Crippen molar-refractivity contribution in [2.75, 3.05) is 13.2 Å². The van der Waals surface area contributed by atoms with Gasteiger partial charge in [0, 0.05) is 0 Å². The summed E-state index contributed by atoms with van der Waals surface area (Å²) in [5, 5.41) is 0. The van der Waals surface area contributed by atoms with E-state index in [2.05, 4.69) is 11.5 Å². The summed E-state index contributed by atoms with van der Waals surface area (Å²) >= 11 is 0. The SMILES string of the molecule is C.CC([NH3+])COC(C)(C)OCC(C)[NH3+].[CH3-]. The lowest BCUT2D eigenvalue weighted by Gasteiger charge is -2.26. The standard InChI is InChI=1S/C9H22N2O2.CH4.CH3/c1-7(10)5-12-9(3,4)13-6-8(2)11;;/h7-8H,5-6,10-11H2,1-4H3;1H4;1H3/q;;-1/p+2. The molecule has 6 N–H and O–H groups in total. The van der Waals surface area contributed by atoms with Gasteiger partial charge in [-0.2, -0.15) is 0 Å². The summed E-state index contributed by atoms with van der Waals surface area (Å²) in [6, 6.07) is 0.583. The van der Waals surface area contributed by atoms with Crippen molar-refractivity contribution in [2.45, 2.75) is 53.0 Å². The minimum Gasteiger partial charge on any atom is -0.358 e. The maximum absolute atomic E-state index is 5.53. The molecule has 0 fully saturated rings. The molecule has 2 unspecified atom stereocenters. The normalized spacial score (nSPS) is 14.8. The van der Waals surface area contributed by atoms with Crippen molar-refractivity contribution in [1.29, 1.82) is 0 Å². The van der Waals surface area contributed by atoms with Crippen molar-refractivity contribution >= 4 is 0 Å². The molecule has 2 atom stereocenters. The Balaban J connectivity index is -0.000000720. The molecule has 15 heavy (non-hydrogen) atoms. The average Bonchev–Trinajstić information content (AvgIpc) is 1.98. The van der Waals surface area contributed by atoms with Crippen molar-refractivity contribution in [1.82, 2.24) is 0 Å². The number of ether oxygens (including phenoxy) is 2. The molecule has 0 aliphatic heterocycles. The third-order valence-corrected chi connectivity index (χ3v) is 1.43. The molecule has 0 saturated heterocycles. The predicted octanol–water partition coefficient (Wildman–Crippen LogP) is 0.103. The number of rotatable bonds is 6. The topological polar surface area (TPSA) is 73.7 Å². The molecular formula is C11H31N2O2+. The number of hydrogen-bond acceptors (Lipinski definition) is 2. The average molecular weight is 223 g/mol. The molecule has 0 aromatic rings. The van der Waals surface area contributed by atoms with Gasteiger partial charge >= 0.3 is 0 Å². The zero-order valence-corrected chi connectivity index (χ0v) is 10.3. The molecule has 0 amide bonds. The van der Waals surface area contributed by atoms with Gasteiger partial charge in [0.15, 0.2) is 5.79 Å². The van der Waals surface area contributed by atoms with E-state index in [9.17, 15) is 0 Å². The van der Waals surface area contributed by atoms with Crippen LogP contribution in [0.3, 0.4) is 0 Å². The summed E-state index contributed by atoms with van der Waals surface area (Å²) in [5.74, 6) is -0.516. The molecular weight excluding hydrogens is 192 g/mol. The predicted molar refractivity (Wildman–Crippen MR) is 63.8 cm³/mol. The Morgan fingerprint density at radius 1 is 1.00 bits per heavy atom. The van der Waals surface area contributed by atoms with E-state index in [1.54, 1.807) is 0 Å². The molecule has 0 aromatic heterocycles. The lowest BCUT2D eigenvalue weighted by Crippen LogP contribution is -2.63. The maximum Gasteiger partial charge on any atom is 0.163 e. The van der Waals surface area contributed by atoms with Gasteiger partial charge < -0.3 is 28.4 Å². The van der Waals surface area contributed by atoms with Gasteiger partial charge in [0.25, 0.3) is 0 Å². The Labute approximate surface area is 95.3 Å². The van der Waals surface area contributed by atoms with Gasteiger partial charge in [-0.15, -0.1) is 0 Å². The van der Waals surface area contributed by atoms with Crippen molar-refractivity contribution in [3.8, 4) is 0 Å². The van der Waals surface area contributed by atoms with Crippen LogP contribution in [0.4, 0.5) is 0 Å².